The summed E-state index contributed by atoms with van der Waals surface area (Å²) in [4.78, 5) is 18.7. The molecule has 4 aromatic rings. The second-order valence-corrected chi connectivity index (χ2v) is 8.34. The van der Waals surface area contributed by atoms with Gasteiger partial charge in [-0.05, 0) is 31.5 Å². The molecule has 0 fully saturated rings. The van der Waals surface area contributed by atoms with Gasteiger partial charge in [-0.2, -0.15) is 0 Å². The molecule has 0 saturated heterocycles. The van der Waals surface area contributed by atoms with Crippen LogP contribution in [0.4, 0.5) is 0 Å². The third-order valence-electron chi connectivity index (χ3n) is 5.16. The zero-order valence-electron chi connectivity index (χ0n) is 16.7. The van der Waals surface area contributed by atoms with E-state index in [1.165, 1.54) is 4.90 Å². The number of thioether (sulfide) groups is 1. The molecule has 1 unspecified atom stereocenters. The molecule has 0 spiro atoms. The van der Waals surface area contributed by atoms with Crippen molar-refractivity contribution in [3.63, 3.8) is 0 Å². The van der Waals surface area contributed by atoms with Gasteiger partial charge in [0.05, 0.1) is 10.9 Å². The lowest BCUT2D eigenvalue weighted by Crippen LogP contribution is -2.09. The molecule has 0 amide bonds. The second-order valence-electron chi connectivity index (χ2n) is 7.09. The largest absolute Gasteiger partial charge is 0.331 e. The van der Waals surface area contributed by atoms with Crippen molar-refractivity contribution in [1.29, 1.82) is 0 Å². The number of para-hydroxylation sites is 1. The third-order valence-corrected chi connectivity index (χ3v) is 6.43. The van der Waals surface area contributed by atoms with Crippen LogP contribution in [0.5, 0.6) is 0 Å². The van der Waals surface area contributed by atoms with Crippen LogP contribution in [-0.2, 0) is 0 Å². The van der Waals surface area contributed by atoms with E-state index in [9.17, 15) is 4.79 Å². The predicted molar refractivity (Wildman–Crippen MR) is 121 cm³/mol. The number of fused-ring (bicyclic) bond motifs is 1. The quantitative estimate of drug-likeness (QED) is 0.257. The van der Waals surface area contributed by atoms with Crippen LogP contribution < -0.4 is 0 Å². The molecule has 0 radical (unpaired) electrons. The van der Waals surface area contributed by atoms with Crippen molar-refractivity contribution in [2.45, 2.75) is 37.0 Å². The van der Waals surface area contributed by atoms with Gasteiger partial charge in [0.25, 0.3) is 0 Å². The summed E-state index contributed by atoms with van der Waals surface area (Å²) in [6, 6.07) is 21.9. The fourth-order valence-corrected chi connectivity index (χ4v) is 5.17. The molecule has 4 rings (SSSR count). The topological polar surface area (TPSA) is 34.9 Å². The van der Waals surface area contributed by atoms with Crippen molar-refractivity contribution in [3.05, 3.63) is 95.9 Å². The van der Waals surface area contributed by atoms with Crippen LogP contribution >= 0.6 is 11.8 Å². The molecule has 0 aliphatic rings. The van der Waals surface area contributed by atoms with Crippen LogP contribution in [-0.4, -0.2) is 15.3 Å². The lowest BCUT2D eigenvalue weighted by Gasteiger charge is -2.21. The van der Waals surface area contributed by atoms with Crippen molar-refractivity contribution < 1.29 is 4.79 Å². The van der Waals surface area contributed by atoms with E-state index in [1.807, 2.05) is 72.7 Å². The van der Waals surface area contributed by atoms with E-state index in [0.29, 0.717) is 0 Å². The number of hydrogen-bond donors (Lipinski definition) is 0. The van der Waals surface area contributed by atoms with Crippen molar-refractivity contribution in [2.24, 2.45) is 0 Å². The summed E-state index contributed by atoms with van der Waals surface area (Å²) in [5, 5.41) is 1.24. The Morgan fingerprint density at radius 2 is 1.69 bits per heavy atom. The lowest BCUT2D eigenvalue weighted by atomic mass is 10.0. The first-order chi connectivity index (χ1) is 14.2. The molecule has 3 nitrogen and oxygen atoms in total. The van der Waals surface area contributed by atoms with Gasteiger partial charge in [-0.25, -0.2) is 0 Å². The van der Waals surface area contributed by atoms with E-state index < -0.39 is 0 Å². The summed E-state index contributed by atoms with van der Waals surface area (Å²) >= 11 is 1.83. The standard InChI is InChI=1S/C25H24N2OS/c1-3-9-23(29-20-14-16-26-17-15-20)27-18(2)24(21-12-7-8-13-22(21)27)25(28)19-10-5-4-6-11-19/h4-8,10-17,23H,3,9H2,1-2H3. The summed E-state index contributed by atoms with van der Waals surface area (Å²) in [7, 11) is 0. The lowest BCUT2D eigenvalue weighted by molar-refractivity contribution is 0.103. The van der Waals surface area contributed by atoms with Crippen LogP contribution in [0.15, 0.2) is 84.0 Å². The van der Waals surface area contributed by atoms with E-state index in [-0.39, 0.29) is 11.2 Å². The molecule has 0 saturated carbocycles. The molecule has 1 atom stereocenters. The second kappa shape index (κ2) is 8.66. The van der Waals surface area contributed by atoms with E-state index >= 15 is 0 Å². The Hall–Kier alpha value is -2.85. The van der Waals surface area contributed by atoms with Crippen molar-refractivity contribution in [2.75, 3.05) is 0 Å². The molecular weight excluding hydrogens is 376 g/mol. The molecule has 29 heavy (non-hydrogen) atoms. The molecule has 0 N–H and O–H groups in total. The van der Waals surface area contributed by atoms with Gasteiger partial charge in [0.2, 0.25) is 0 Å². The zero-order valence-corrected chi connectivity index (χ0v) is 17.5. The molecule has 0 aliphatic heterocycles. The first kappa shape index (κ1) is 19.5. The van der Waals surface area contributed by atoms with E-state index in [4.69, 9.17) is 0 Å². The number of rotatable bonds is 7. The average Bonchev–Trinajstić information content (AvgIpc) is 3.06. The fourth-order valence-electron chi connectivity index (χ4n) is 3.84. The van der Waals surface area contributed by atoms with Crippen LogP contribution in [0.3, 0.4) is 0 Å². The Labute approximate surface area is 175 Å². The number of hydrogen-bond acceptors (Lipinski definition) is 3. The highest BCUT2D eigenvalue weighted by Crippen LogP contribution is 2.40. The maximum absolute atomic E-state index is 13.4. The van der Waals surface area contributed by atoms with Gasteiger partial charge in [0, 0.05) is 39.4 Å². The van der Waals surface area contributed by atoms with Gasteiger partial charge in [-0.1, -0.05) is 61.9 Å². The highest BCUT2D eigenvalue weighted by molar-refractivity contribution is 7.99. The van der Waals surface area contributed by atoms with Crippen LogP contribution in [0.1, 0.15) is 46.8 Å². The first-order valence-corrected chi connectivity index (χ1v) is 10.8. The van der Waals surface area contributed by atoms with Crippen LogP contribution in [0, 0.1) is 6.92 Å². The van der Waals surface area contributed by atoms with Gasteiger partial charge in [-0.3, -0.25) is 9.78 Å². The normalized spacial score (nSPS) is 12.2. The van der Waals surface area contributed by atoms with Gasteiger partial charge in [0.1, 0.15) is 0 Å². The number of pyridine rings is 1. The Morgan fingerprint density at radius 1 is 1.00 bits per heavy atom. The Balaban J connectivity index is 1.86. The molecule has 4 heteroatoms. The summed E-state index contributed by atoms with van der Waals surface area (Å²) in [5.41, 5.74) is 3.68. The molecule has 146 valence electrons. The number of nitrogens with zero attached hydrogens (tertiary/aromatic N) is 2. The summed E-state index contributed by atoms with van der Waals surface area (Å²) in [5.74, 6) is 0.0854. The highest BCUT2D eigenvalue weighted by atomic mass is 32.2. The number of ketones is 1. The van der Waals surface area contributed by atoms with Gasteiger partial charge >= 0.3 is 0 Å². The SMILES string of the molecule is CCCC(Sc1ccncc1)n1c(C)c(C(=O)c2ccccc2)c2ccccc21. The van der Waals surface area contributed by atoms with Gasteiger partial charge in [0.15, 0.2) is 5.78 Å². The monoisotopic (exact) mass is 400 g/mol. The summed E-state index contributed by atoms with van der Waals surface area (Å²) < 4.78 is 2.35. The van der Waals surface area contributed by atoms with Crippen molar-refractivity contribution in [1.82, 2.24) is 9.55 Å². The number of aromatic nitrogens is 2. The van der Waals surface area contributed by atoms with E-state index in [1.54, 1.807) is 0 Å². The van der Waals surface area contributed by atoms with Crippen LogP contribution in [0.2, 0.25) is 0 Å². The summed E-state index contributed by atoms with van der Waals surface area (Å²) in [6.07, 6.45) is 5.74. The summed E-state index contributed by atoms with van der Waals surface area (Å²) in [6.45, 7) is 4.28. The van der Waals surface area contributed by atoms with Gasteiger partial charge < -0.3 is 4.57 Å². The third kappa shape index (κ3) is 3.85. The Kier molecular flexibility index (Phi) is 5.81. The average molecular weight is 401 g/mol. The van der Waals surface area contributed by atoms with Crippen LogP contribution in [0.25, 0.3) is 10.9 Å². The van der Waals surface area contributed by atoms with E-state index in [0.717, 1.165) is 40.6 Å². The Morgan fingerprint density at radius 3 is 2.41 bits per heavy atom. The Bertz CT molecular complexity index is 1120. The van der Waals surface area contributed by atoms with Gasteiger partial charge in [-0.15, -0.1) is 11.8 Å². The van der Waals surface area contributed by atoms with Crippen molar-refractivity contribution >= 4 is 28.4 Å². The molecular formula is C25H24N2OS. The number of benzene rings is 2. The first-order valence-electron chi connectivity index (χ1n) is 9.96. The fraction of sp³-hybridized carbons (Fsp3) is 0.200. The number of carbonyl (C=O) groups excluding carboxylic acids is 1. The maximum Gasteiger partial charge on any atom is 0.195 e. The van der Waals surface area contributed by atoms with E-state index in [2.05, 4.69) is 41.6 Å². The maximum atomic E-state index is 13.4. The smallest absolute Gasteiger partial charge is 0.195 e. The minimum atomic E-state index is 0.0854. The minimum absolute atomic E-state index is 0.0854. The molecule has 2 aromatic heterocycles. The minimum Gasteiger partial charge on any atom is -0.331 e. The van der Waals surface area contributed by atoms with Crippen molar-refractivity contribution in [3.8, 4) is 0 Å². The zero-order chi connectivity index (χ0) is 20.2. The highest BCUT2D eigenvalue weighted by Gasteiger charge is 2.24. The molecule has 2 aromatic carbocycles. The number of carbonyl (C=O) groups is 1. The predicted octanol–water partition coefficient (Wildman–Crippen LogP) is 6.67. The molecule has 2 heterocycles. The molecule has 0 aliphatic carbocycles. The molecule has 0 bridgehead atoms.